The highest BCUT2D eigenvalue weighted by molar-refractivity contribution is 9.10. The van der Waals surface area contributed by atoms with E-state index in [0.717, 1.165) is 0 Å². The van der Waals surface area contributed by atoms with E-state index in [4.69, 9.17) is 11.6 Å². The molecule has 2 rings (SSSR count). The maximum absolute atomic E-state index is 12.3. The van der Waals surface area contributed by atoms with Gasteiger partial charge in [0.1, 0.15) is 5.69 Å². The minimum absolute atomic E-state index is 0.196. The molecular weight excluding hydrogens is 373 g/mol. The van der Waals surface area contributed by atoms with Crippen LogP contribution in [-0.4, -0.2) is 20.8 Å². The van der Waals surface area contributed by atoms with Crippen LogP contribution >= 0.6 is 43.5 Å². The molecule has 0 saturated heterocycles. The third kappa shape index (κ3) is 2.43. The number of halogens is 3. The van der Waals surface area contributed by atoms with Crippen LogP contribution < -0.4 is 0 Å². The lowest BCUT2D eigenvalue weighted by molar-refractivity contribution is 0.102. The first-order valence-electron chi connectivity index (χ1n) is 4.55. The van der Waals surface area contributed by atoms with Crippen molar-refractivity contribution in [3.63, 3.8) is 0 Å². The van der Waals surface area contributed by atoms with E-state index >= 15 is 0 Å². The molecule has 0 bridgehead atoms. The SMILES string of the molecule is Cn1nnc(Br)c1C(=O)c1cc(Cl)ccc1Br. The van der Waals surface area contributed by atoms with E-state index in [1.807, 2.05) is 0 Å². The third-order valence-electron chi connectivity index (χ3n) is 2.17. The second kappa shape index (κ2) is 4.88. The van der Waals surface area contributed by atoms with Gasteiger partial charge in [0, 0.05) is 22.1 Å². The molecule has 0 aliphatic rings. The maximum Gasteiger partial charge on any atom is 0.215 e. The Morgan fingerprint density at radius 2 is 2.12 bits per heavy atom. The first-order valence-corrected chi connectivity index (χ1v) is 6.52. The molecule has 1 heterocycles. The number of ketones is 1. The lowest BCUT2D eigenvalue weighted by Gasteiger charge is -2.04. The van der Waals surface area contributed by atoms with Crippen molar-refractivity contribution in [1.29, 1.82) is 0 Å². The van der Waals surface area contributed by atoms with Gasteiger partial charge in [-0.25, -0.2) is 4.68 Å². The number of benzene rings is 1. The lowest BCUT2D eigenvalue weighted by atomic mass is 10.1. The van der Waals surface area contributed by atoms with Crippen molar-refractivity contribution in [2.24, 2.45) is 7.05 Å². The van der Waals surface area contributed by atoms with Crippen molar-refractivity contribution >= 4 is 49.2 Å². The highest BCUT2D eigenvalue weighted by Gasteiger charge is 2.20. The first kappa shape index (κ1) is 12.7. The van der Waals surface area contributed by atoms with Gasteiger partial charge in [-0.3, -0.25) is 4.79 Å². The summed E-state index contributed by atoms with van der Waals surface area (Å²) in [6.07, 6.45) is 0. The van der Waals surface area contributed by atoms with Gasteiger partial charge >= 0.3 is 0 Å². The number of carbonyl (C=O) groups is 1. The molecule has 0 saturated carbocycles. The van der Waals surface area contributed by atoms with Crippen molar-refractivity contribution in [2.45, 2.75) is 0 Å². The summed E-state index contributed by atoms with van der Waals surface area (Å²) in [5.41, 5.74) is 0.858. The van der Waals surface area contributed by atoms with Crippen LogP contribution in [0.25, 0.3) is 0 Å². The van der Waals surface area contributed by atoms with Gasteiger partial charge in [0.05, 0.1) is 0 Å². The minimum Gasteiger partial charge on any atom is -0.287 e. The van der Waals surface area contributed by atoms with Crippen LogP contribution in [0.5, 0.6) is 0 Å². The van der Waals surface area contributed by atoms with E-state index in [0.29, 0.717) is 25.4 Å². The van der Waals surface area contributed by atoms with Crippen molar-refractivity contribution in [1.82, 2.24) is 15.0 Å². The van der Waals surface area contributed by atoms with E-state index < -0.39 is 0 Å². The highest BCUT2D eigenvalue weighted by atomic mass is 79.9. The molecule has 4 nitrogen and oxygen atoms in total. The van der Waals surface area contributed by atoms with Gasteiger partial charge < -0.3 is 0 Å². The molecule has 0 spiro atoms. The normalized spacial score (nSPS) is 10.6. The summed E-state index contributed by atoms with van der Waals surface area (Å²) < 4.78 is 2.51. The second-order valence-electron chi connectivity index (χ2n) is 3.31. The fourth-order valence-corrected chi connectivity index (χ4v) is 2.48. The Morgan fingerprint density at radius 1 is 1.41 bits per heavy atom. The Morgan fingerprint density at radius 3 is 2.71 bits per heavy atom. The Bertz CT molecular complexity index is 578. The minimum atomic E-state index is -0.196. The zero-order valence-electron chi connectivity index (χ0n) is 8.62. The Labute approximate surface area is 119 Å². The molecule has 1 aromatic carbocycles. The number of aryl methyl sites for hydroxylation is 1. The summed E-state index contributed by atoms with van der Waals surface area (Å²) in [5.74, 6) is -0.196. The number of carbonyl (C=O) groups excluding carboxylic acids is 1. The summed E-state index contributed by atoms with van der Waals surface area (Å²) in [5, 5.41) is 8.04. The molecule has 0 N–H and O–H groups in total. The second-order valence-corrected chi connectivity index (χ2v) is 5.35. The van der Waals surface area contributed by atoms with E-state index in [1.54, 1.807) is 25.2 Å². The number of aromatic nitrogens is 3. The van der Waals surface area contributed by atoms with Crippen LogP contribution in [0.3, 0.4) is 0 Å². The quantitative estimate of drug-likeness (QED) is 0.753. The Kier molecular flexibility index (Phi) is 3.65. The van der Waals surface area contributed by atoms with Crippen LogP contribution in [0, 0.1) is 0 Å². The smallest absolute Gasteiger partial charge is 0.215 e. The lowest BCUT2D eigenvalue weighted by Crippen LogP contribution is -2.09. The Hall–Kier alpha value is -0.720. The molecule has 0 fully saturated rings. The molecule has 2 aromatic rings. The van der Waals surface area contributed by atoms with Crippen LogP contribution in [0.1, 0.15) is 16.1 Å². The average Bonchev–Trinajstić information content (AvgIpc) is 2.61. The van der Waals surface area contributed by atoms with Gasteiger partial charge in [0.25, 0.3) is 0 Å². The number of hydrogen-bond acceptors (Lipinski definition) is 3. The van der Waals surface area contributed by atoms with Gasteiger partial charge in [-0.15, -0.1) is 5.10 Å². The summed E-state index contributed by atoms with van der Waals surface area (Å²) in [6.45, 7) is 0. The predicted molar refractivity (Wildman–Crippen MR) is 71.3 cm³/mol. The van der Waals surface area contributed by atoms with E-state index in [1.165, 1.54) is 4.68 Å². The molecule has 0 amide bonds. The predicted octanol–water partition coefficient (Wildman–Crippen LogP) is 3.22. The largest absolute Gasteiger partial charge is 0.287 e. The van der Waals surface area contributed by atoms with Crippen molar-refractivity contribution in [3.05, 3.63) is 43.6 Å². The third-order valence-corrected chi connectivity index (χ3v) is 3.63. The molecule has 7 heteroatoms. The Balaban J connectivity index is 2.55. The van der Waals surface area contributed by atoms with Gasteiger partial charge in [0.15, 0.2) is 4.60 Å². The van der Waals surface area contributed by atoms with Gasteiger partial charge in [0.2, 0.25) is 5.78 Å². The molecule has 0 atom stereocenters. The number of nitrogens with zero attached hydrogens (tertiary/aromatic N) is 3. The van der Waals surface area contributed by atoms with Gasteiger partial charge in [-0.2, -0.15) is 0 Å². The monoisotopic (exact) mass is 377 g/mol. The van der Waals surface area contributed by atoms with Gasteiger partial charge in [-0.05, 0) is 34.1 Å². The zero-order chi connectivity index (χ0) is 12.6. The summed E-state index contributed by atoms with van der Waals surface area (Å²) in [6, 6.07) is 5.04. The summed E-state index contributed by atoms with van der Waals surface area (Å²) in [4.78, 5) is 12.3. The number of rotatable bonds is 2. The van der Waals surface area contributed by atoms with E-state index in [2.05, 4.69) is 42.2 Å². The first-order chi connectivity index (χ1) is 8.00. The van der Waals surface area contributed by atoms with Crippen LogP contribution in [-0.2, 0) is 7.05 Å². The topological polar surface area (TPSA) is 47.8 Å². The maximum atomic E-state index is 12.3. The molecule has 0 radical (unpaired) electrons. The number of hydrogen-bond donors (Lipinski definition) is 0. The van der Waals surface area contributed by atoms with Gasteiger partial charge in [-0.1, -0.05) is 32.7 Å². The van der Waals surface area contributed by atoms with Crippen molar-refractivity contribution in [2.75, 3.05) is 0 Å². The van der Waals surface area contributed by atoms with E-state index in [9.17, 15) is 4.79 Å². The molecule has 1 aromatic heterocycles. The van der Waals surface area contributed by atoms with Crippen LogP contribution in [0.2, 0.25) is 5.02 Å². The van der Waals surface area contributed by atoms with Crippen molar-refractivity contribution in [3.8, 4) is 0 Å². The van der Waals surface area contributed by atoms with E-state index in [-0.39, 0.29) is 5.78 Å². The standard InChI is InChI=1S/C10H6Br2ClN3O/c1-16-8(10(12)14-15-16)9(17)6-4-5(13)2-3-7(6)11/h2-4H,1H3. The summed E-state index contributed by atoms with van der Waals surface area (Å²) >= 11 is 12.4. The van der Waals surface area contributed by atoms with Crippen molar-refractivity contribution < 1.29 is 4.79 Å². The van der Waals surface area contributed by atoms with Crippen LogP contribution in [0.15, 0.2) is 27.3 Å². The average molecular weight is 379 g/mol. The highest BCUT2D eigenvalue weighted by Crippen LogP contribution is 2.25. The zero-order valence-corrected chi connectivity index (χ0v) is 12.5. The fourth-order valence-electron chi connectivity index (χ4n) is 1.37. The molecule has 0 unspecified atom stereocenters. The molecule has 0 aliphatic heterocycles. The fraction of sp³-hybridized carbons (Fsp3) is 0.100. The summed E-state index contributed by atoms with van der Waals surface area (Å²) in [7, 11) is 1.66. The molecule has 88 valence electrons. The van der Waals surface area contributed by atoms with Crippen LogP contribution in [0.4, 0.5) is 0 Å². The molecule has 17 heavy (non-hydrogen) atoms. The molecule has 0 aliphatic carbocycles. The molecular formula is C10H6Br2ClN3O.